The second kappa shape index (κ2) is 7.65. The van der Waals surface area contributed by atoms with Gasteiger partial charge in [0.05, 0.1) is 5.56 Å². The number of Topliss-reactive ketones (excluding diaryl/α,β-unsaturated/α-hetero) is 1. The van der Waals surface area contributed by atoms with E-state index in [2.05, 4.69) is 6.92 Å². The molecule has 130 valence electrons. The van der Waals surface area contributed by atoms with E-state index in [1.54, 1.807) is 6.92 Å². The second-order valence-corrected chi connectivity index (χ2v) is 6.90. The molecule has 1 aliphatic rings. The van der Waals surface area contributed by atoms with E-state index in [0.717, 1.165) is 30.3 Å². The Labute approximate surface area is 142 Å². The maximum absolute atomic E-state index is 12.9. The first-order valence-electron chi connectivity index (χ1n) is 8.79. The number of carbonyl (C=O) groups excluding carboxylic acids is 1. The lowest BCUT2D eigenvalue weighted by Crippen LogP contribution is -2.28. The summed E-state index contributed by atoms with van der Waals surface area (Å²) in [7, 11) is 1.39. The van der Waals surface area contributed by atoms with Crippen LogP contribution in [0.1, 0.15) is 73.4 Å². The second-order valence-electron chi connectivity index (χ2n) is 6.90. The number of unbranched alkanes of at least 4 members (excludes halogenated alkanes) is 1. The van der Waals surface area contributed by atoms with Crippen molar-refractivity contribution >= 4 is 5.78 Å². The average molecular weight is 330 g/mol. The lowest BCUT2D eigenvalue weighted by atomic mass is 9.76. The van der Waals surface area contributed by atoms with Crippen LogP contribution in [0.3, 0.4) is 0 Å². The van der Waals surface area contributed by atoms with Gasteiger partial charge in [-0.2, -0.15) is 5.26 Å². The topological polar surface area (TPSA) is 83.1 Å². The fourth-order valence-corrected chi connectivity index (χ4v) is 3.72. The third-order valence-electron chi connectivity index (χ3n) is 5.35. The quantitative estimate of drug-likeness (QED) is 0.838. The molecule has 0 atom stereocenters. The van der Waals surface area contributed by atoms with Crippen LogP contribution in [0.25, 0.3) is 0 Å². The van der Waals surface area contributed by atoms with Gasteiger partial charge in [0.1, 0.15) is 11.6 Å². The molecule has 1 fully saturated rings. The summed E-state index contributed by atoms with van der Waals surface area (Å²) in [4.78, 5) is 24.9. The van der Waals surface area contributed by atoms with Crippen LogP contribution in [0.4, 0.5) is 0 Å². The van der Waals surface area contributed by atoms with Gasteiger partial charge < -0.3 is 5.11 Å². The molecule has 1 heterocycles. The van der Waals surface area contributed by atoms with Gasteiger partial charge in [-0.05, 0) is 44.1 Å². The summed E-state index contributed by atoms with van der Waals surface area (Å²) < 4.78 is 0.992. The van der Waals surface area contributed by atoms with Gasteiger partial charge >= 0.3 is 0 Å². The van der Waals surface area contributed by atoms with Crippen LogP contribution < -0.4 is 5.56 Å². The monoisotopic (exact) mass is 330 g/mol. The number of aromatic hydroxyl groups is 1. The number of rotatable bonds is 5. The van der Waals surface area contributed by atoms with Gasteiger partial charge in [0.25, 0.3) is 5.56 Å². The minimum Gasteiger partial charge on any atom is -0.494 e. The summed E-state index contributed by atoms with van der Waals surface area (Å²) in [5.74, 6) is 0.107. The van der Waals surface area contributed by atoms with Crippen molar-refractivity contribution in [3.8, 4) is 11.9 Å². The van der Waals surface area contributed by atoms with E-state index < -0.39 is 5.56 Å². The lowest BCUT2D eigenvalue weighted by molar-refractivity contribution is 0.0864. The Morgan fingerprint density at radius 3 is 2.50 bits per heavy atom. The zero-order valence-electron chi connectivity index (χ0n) is 14.8. The van der Waals surface area contributed by atoms with E-state index in [-0.39, 0.29) is 28.7 Å². The van der Waals surface area contributed by atoms with E-state index in [1.165, 1.54) is 26.3 Å². The number of nitriles is 1. The maximum Gasteiger partial charge on any atom is 0.271 e. The molecular weight excluding hydrogens is 304 g/mol. The summed E-state index contributed by atoms with van der Waals surface area (Å²) in [5.41, 5.74) is -0.176. The van der Waals surface area contributed by atoms with E-state index in [4.69, 9.17) is 0 Å². The Morgan fingerprint density at radius 1 is 1.33 bits per heavy atom. The molecule has 0 spiro atoms. The SMILES string of the molecule is CCCCC1CCC(C(=O)c2c(C)c(C#N)c(=O)n(C)c2O)CC1. The van der Waals surface area contributed by atoms with Gasteiger partial charge in [0.15, 0.2) is 5.78 Å². The van der Waals surface area contributed by atoms with Gasteiger partial charge in [-0.1, -0.05) is 26.2 Å². The molecule has 5 heteroatoms. The highest BCUT2D eigenvalue weighted by molar-refractivity contribution is 6.01. The van der Waals surface area contributed by atoms with E-state index in [0.29, 0.717) is 11.5 Å². The molecule has 0 aliphatic heterocycles. The molecule has 1 aliphatic carbocycles. The Balaban J connectivity index is 2.24. The fraction of sp³-hybridized carbons (Fsp3) is 0.632. The smallest absolute Gasteiger partial charge is 0.271 e. The van der Waals surface area contributed by atoms with Crippen LogP contribution in [-0.2, 0) is 7.05 Å². The van der Waals surface area contributed by atoms with Crippen LogP contribution >= 0.6 is 0 Å². The van der Waals surface area contributed by atoms with Crippen LogP contribution in [0.15, 0.2) is 4.79 Å². The minimum absolute atomic E-state index is 0.0599. The number of ketones is 1. The highest BCUT2D eigenvalue weighted by Crippen LogP contribution is 2.35. The summed E-state index contributed by atoms with van der Waals surface area (Å²) in [6.45, 7) is 3.76. The van der Waals surface area contributed by atoms with Crippen LogP contribution in [0.2, 0.25) is 0 Å². The zero-order chi connectivity index (χ0) is 17.9. The Bertz CT molecular complexity index is 720. The van der Waals surface area contributed by atoms with Crippen molar-refractivity contribution in [1.29, 1.82) is 5.26 Å². The third-order valence-corrected chi connectivity index (χ3v) is 5.35. The number of nitrogens with zero attached hydrogens (tertiary/aromatic N) is 2. The number of hydrogen-bond acceptors (Lipinski definition) is 4. The number of aromatic nitrogens is 1. The predicted molar refractivity (Wildman–Crippen MR) is 92.1 cm³/mol. The van der Waals surface area contributed by atoms with E-state index in [9.17, 15) is 20.0 Å². The van der Waals surface area contributed by atoms with Crippen LogP contribution in [0.5, 0.6) is 5.88 Å². The van der Waals surface area contributed by atoms with E-state index in [1.807, 2.05) is 6.07 Å². The lowest BCUT2D eigenvalue weighted by Gasteiger charge is -2.28. The summed E-state index contributed by atoms with van der Waals surface area (Å²) in [6, 6.07) is 1.86. The summed E-state index contributed by atoms with van der Waals surface area (Å²) >= 11 is 0. The third kappa shape index (κ3) is 3.38. The van der Waals surface area contributed by atoms with Crippen molar-refractivity contribution in [2.45, 2.75) is 58.8 Å². The molecular formula is C19H26N2O3. The molecule has 0 bridgehead atoms. The minimum atomic E-state index is -0.563. The molecule has 0 aromatic carbocycles. The maximum atomic E-state index is 12.9. The highest BCUT2D eigenvalue weighted by Gasteiger charge is 2.31. The number of pyridine rings is 1. The van der Waals surface area contributed by atoms with Crippen LogP contribution in [-0.4, -0.2) is 15.5 Å². The molecule has 24 heavy (non-hydrogen) atoms. The van der Waals surface area contributed by atoms with Crippen molar-refractivity contribution in [3.05, 3.63) is 27.0 Å². The molecule has 1 saturated carbocycles. The fourth-order valence-electron chi connectivity index (χ4n) is 3.72. The predicted octanol–water partition coefficient (Wildman–Crippen LogP) is 3.45. The number of carbonyl (C=O) groups is 1. The van der Waals surface area contributed by atoms with Crippen molar-refractivity contribution in [1.82, 2.24) is 4.57 Å². The van der Waals surface area contributed by atoms with Gasteiger partial charge in [0, 0.05) is 13.0 Å². The van der Waals surface area contributed by atoms with Gasteiger partial charge in [0.2, 0.25) is 5.88 Å². The Kier molecular flexibility index (Phi) is 5.82. The first-order valence-corrected chi connectivity index (χ1v) is 8.79. The Hall–Kier alpha value is -2.09. The molecule has 5 nitrogen and oxygen atoms in total. The van der Waals surface area contributed by atoms with Crippen molar-refractivity contribution < 1.29 is 9.90 Å². The molecule has 1 N–H and O–H groups in total. The molecule has 0 amide bonds. The van der Waals surface area contributed by atoms with Crippen LogP contribution in [0, 0.1) is 30.1 Å². The summed E-state index contributed by atoms with van der Waals surface area (Å²) in [5, 5.41) is 19.5. The van der Waals surface area contributed by atoms with Gasteiger partial charge in [-0.3, -0.25) is 14.2 Å². The molecule has 2 rings (SSSR count). The van der Waals surface area contributed by atoms with Crippen molar-refractivity contribution in [2.75, 3.05) is 0 Å². The summed E-state index contributed by atoms with van der Waals surface area (Å²) in [6.07, 6.45) is 7.35. The Morgan fingerprint density at radius 2 is 1.96 bits per heavy atom. The molecule has 1 aromatic heterocycles. The zero-order valence-corrected chi connectivity index (χ0v) is 14.8. The standard InChI is InChI=1S/C19H26N2O3/c1-4-5-6-13-7-9-14(10-8-13)17(22)16-12(2)15(11-20)18(23)21(3)19(16)24/h13-14,24H,4-10H2,1-3H3. The first kappa shape index (κ1) is 18.3. The van der Waals surface area contributed by atoms with Gasteiger partial charge in [-0.25, -0.2) is 0 Å². The number of hydrogen-bond donors (Lipinski definition) is 1. The molecule has 0 radical (unpaired) electrons. The largest absolute Gasteiger partial charge is 0.494 e. The first-order chi connectivity index (χ1) is 11.4. The molecule has 0 saturated heterocycles. The van der Waals surface area contributed by atoms with Gasteiger partial charge in [-0.15, -0.1) is 0 Å². The van der Waals surface area contributed by atoms with E-state index >= 15 is 0 Å². The molecule has 0 unspecified atom stereocenters. The van der Waals surface area contributed by atoms with Crippen molar-refractivity contribution in [3.63, 3.8) is 0 Å². The molecule has 1 aromatic rings. The highest BCUT2D eigenvalue weighted by atomic mass is 16.3. The van der Waals surface area contributed by atoms with Crippen molar-refractivity contribution in [2.24, 2.45) is 18.9 Å². The normalized spacial score (nSPS) is 20.6. The average Bonchev–Trinajstić information content (AvgIpc) is 2.59.